The first kappa shape index (κ1) is 13.5. The van der Waals surface area contributed by atoms with Crippen LogP contribution in [0.3, 0.4) is 0 Å². The van der Waals surface area contributed by atoms with Gasteiger partial charge in [-0.3, -0.25) is 4.79 Å². The van der Waals surface area contributed by atoms with E-state index in [1.54, 1.807) is 0 Å². The van der Waals surface area contributed by atoms with Crippen molar-refractivity contribution in [3.63, 3.8) is 0 Å². The van der Waals surface area contributed by atoms with E-state index in [2.05, 4.69) is 10.6 Å². The molecular weight excluding hydrogens is 204 g/mol. The molecule has 0 heterocycles. The lowest BCUT2D eigenvalue weighted by Crippen LogP contribution is -2.54. The summed E-state index contributed by atoms with van der Waals surface area (Å²) in [6.45, 7) is 4.41. The van der Waals surface area contributed by atoms with Crippen LogP contribution in [0.15, 0.2) is 0 Å². The highest BCUT2D eigenvalue weighted by Crippen LogP contribution is 2.27. The van der Waals surface area contributed by atoms with Crippen molar-refractivity contribution in [3.05, 3.63) is 0 Å². The second kappa shape index (κ2) is 6.21. The lowest BCUT2D eigenvalue weighted by molar-refractivity contribution is -0.123. The van der Waals surface area contributed by atoms with Crippen LogP contribution < -0.4 is 10.6 Å². The van der Waals surface area contributed by atoms with E-state index in [4.69, 9.17) is 0 Å². The van der Waals surface area contributed by atoms with E-state index in [0.717, 1.165) is 25.7 Å². The van der Waals surface area contributed by atoms with Crippen LogP contribution in [0.5, 0.6) is 0 Å². The molecule has 0 unspecified atom stereocenters. The number of hydrogen-bond acceptors (Lipinski definition) is 3. The average Bonchev–Trinajstić information content (AvgIpc) is 2.28. The van der Waals surface area contributed by atoms with E-state index in [0.29, 0.717) is 12.6 Å². The minimum absolute atomic E-state index is 0.00958. The molecule has 3 N–H and O–H groups in total. The number of nitrogens with one attached hydrogen (secondary N) is 2. The number of amides is 1. The minimum Gasteiger partial charge on any atom is -0.394 e. The summed E-state index contributed by atoms with van der Waals surface area (Å²) in [6.07, 6.45) is 5.20. The van der Waals surface area contributed by atoms with Gasteiger partial charge in [0.25, 0.3) is 0 Å². The lowest BCUT2D eigenvalue weighted by atomic mass is 9.82. The Morgan fingerprint density at radius 2 is 1.94 bits per heavy atom. The Labute approximate surface area is 97.8 Å². The van der Waals surface area contributed by atoms with Crippen LogP contribution in [0.2, 0.25) is 0 Å². The highest BCUT2D eigenvalue weighted by molar-refractivity contribution is 5.78. The van der Waals surface area contributed by atoms with Crippen molar-refractivity contribution in [2.24, 2.45) is 0 Å². The molecule has 0 saturated heterocycles. The fraction of sp³-hybridized carbons (Fsp3) is 0.917. The molecule has 0 aromatic rings. The summed E-state index contributed by atoms with van der Waals surface area (Å²) in [4.78, 5) is 11.7. The number of carbonyl (C=O) groups is 1. The van der Waals surface area contributed by atoms with Crippen molar-refractivity contribution in [1.82, 2.24) is 10.6 Å². The number of aliphatic hydroxyl groups is 1. The van der Waals surface area contributed by atoms with E-state index >= 15 is 0 Å². The molecule has 4 heteroatoms. The molecule has 16 heavy (non-hydrogen) atoms. The predicted octanol–water partition coefficient (Wildman–Crippen LogP) is 0.796. The molecule has 1 aliphatic rings. The van der Waals surface area contributed by atoms with Crippen LogP contribution in [0.1, 0.15) is 46.0 Å². The van der Waals surface area contributed by atoms with Crippen LogP contribution in [0.4, 0.5) is 0 Å². The molecule has 1 rings (SSSR count). The molecule has 0 spiro atoms. The zero-order valence-corrected chi connectivity index (χ0v) is 10.4. The minimum atomic E-state index is -0.353. The molecule has 1 amide bonds. The standard InChI is InChI=1S/C12H24N2O2/c1-10(2)13-8-11(16)14-12(9-15)6-4-3-5-7-12/h10,13,15H,3-9H2,1-2H3,(H,14,16). The largest absolute Gasteiger partial charge is 0.394 e. The maximum atomic E-state index is 11.7. The van der Waals surface area contributed by atoms with Gasteiger partial charge in [-0.15, -0.1) is 0 Å². The Hall–Kier alpha value is -0.610. The van der Waals surface area contributed by atoms with E-state index in [9.17, 15) is 9.90 Å². The Balaban J connectivity index is 2.39. The molecule has 0 aromatic heterocycles. The fourth-order valence-electron chi connectivity index (χ4n) is 2.19. The van der Waals surface area contributed by atoms with Crippen LogP contribution in [0, 0.1) is 0 Å². The molecule has 1 aliphatic carbocycles. The molecular formula is C12H24N2O2. The van der Waals surface area contributed by atoms with Crippen LogP contribution in [-0.2, 0) is 4.79 Å². The molecule has 0 atom stereocenters. The van der Waals surface area contributed by atoms with Crippen molar-refractivity contribution in [2.45, 2.75) is 57.5 Å². The summed E-state index contributed by atoms with van der Waals surface area (Å²) < 4.78 is 0. The van der Waals surface area contributed by atoms with Gasteiger partial charge in [-0.1, -0.05) is 33.1 Å². The van der Waals surface area contributed by atoms with Gasteiger partial charge in [0.15, 0.2) is 0 Å². The maximum absolute atomic E-state index is 11.7. The Kier molecular flexibility index (Phi) is 5.22. The molecule has 0 radical (unpaired) electrons. The summed E-state index contributed by atoms with van der Waals surface area (Å²) in [5, 5.41) is 15.5. The Bertz CT molecular complexity index is 223. The van der Waals surface area contributed by atoms with Gasteiger partial charge in [0, 0.05) is 6.04 Å². The average molecular weight is 228 g/mol. The van der Waals surface area contributed by atoms with Gasteiger partial charge in [-0.05, 0) is 12.8 Å². The van der Waals surface area contributed by atoms with Gasteiger partial charge in [-0.25, -0.2) is 0 Å². The van der Waals surface area contributed by atoms with Gasteiger partial charge in [0.05, 0.1) is 18.7 Å². The zero-order valence-electron chi connectivity index (χ0n) is 10.4. The first-order valence-corrected chi connectivity index (χ1v) is 6.23. The van der Waals surface area contributed by atoms with E-state index in [-0.39, 0.29) is 18.1 Å². The van der Waals surface area contributed by atoms with Crippen molar-refractivity contribution in [3.8, 4) is 0 Å². The number of hydrogen-bond donors (Lipinski definition) is 3. The first-order chi connectivity index (χ1) is 7.58. The predicted molar refractivity (Wildman–Crippen MR) is 64.2 cm³/mol. The van der Waals surface area contributed by atoms with Gasteiger partial charge in [-0.2, -0.15) is 0 Å². The molecule has 0 bridgehead atoms. The first-order valence-electron chi connectivity index (χ1n) is 6.23. The second-order valence-corrected chi connectivity index (χ2v) is 5.08. The SMILES string of the molecule is CC(C)NCC(=O)NC1(CO)CCCCC1. The zero-order chi connectivity index (χ0) is 12.0. The summed E-state index contributed by atoms with van der Waals surface area (Å²) >= 11 is 0. The summed E-state index contributed by atoms with van der Waals surface area (Å²) in [5.41, 5.74) is -0.353. The van der Waals surface area contributed by atoms with Crippen molar-refractivity contribution in [2.75, 3.05) is 13.2 Å². The fourth-order valence-corrected chi connectivity index (χ4v) is 2.19. The molecule has 94 valence electrons. The number of aliphatic hydroxyl groups excluding tert-OH is 1. The molecule has 0 aliphatic heterocycles. The third-order valence-corrected chi connectivity index (χ3v) is 3.19. The van der Waals surface area contributed by atoms with Crippen molar-refractivity contribution >= 4 is 5.91 Å². The Morgan fingerprint density at radius 1 is 1.31 bits per heavy atom. The summed E-state index contributed by atoms with van der Waals surface area (Å²) in [7, 11) is 0. The van der Waals surface area contributed by atoms with E-state index in [1.807, 2.05) is 13.8 Å². The van der Waals surface area contributed by atoms with Gasteiger partial charge in [0.2, 0.25) is 5.91 Å². The van der Waals surface area contributed by atoms with Gasteiger partial charge < -0.3 is 15.7 Å². The van der Waals surface area contributed by atoms with Crippen molar-refractivity contribution in [1.29, 1.82) is 0 Å². The topological polar surface area (TPSA) is 61.4 Å². The van der Waals surface area contributed by atoms with Crippen molar-refractivity contribution < 1.29 is 9.90 Å². The Morgan fingerprint density at radius 3 is 2.44 bits per heavy atom. The monoisotopic (exact) mass is 228 g/mol. The van der Waals surface area contributed by atoms with E-state index < -0.39 is 0 Å². The van der Waals surface area contributed by atoms with Gasteiger partial charge in [0.1, 0.15) is 0 Å². The third-order valence-electron chi connectivity index (χ3n) is 3.19. The third kappa shape index (κ3) is 4.10. The maximum Gasteiger partial charge on any atom is 0.234 e. The highest BCUT2D eigenvalue weighted by Gasteiger charge is 2.32. The normalized spacial score (nSPS) is 19.8. The molecule has 1 saturated carbocycles. The lowest BCUT2D eigenvalue weighted by Gasteiger charge is -2.36. The second-order valence-electron chi connectivity index (χ2n) is 5.08. The van der Waals surface area contributed by atoms with Crippen LogP contribution >= 0.6 is 0 Å². The highest BCUT2D eigenvalue weighted by atomic mass is 16.3. The number of carbonyl (C=O) groups excluding carboxylic acids is 1. The van der Waals surface area contributed by atoms with Gasteiger partial charge >= 0.3 is 0 Å². The molecule has 0 aromatic carbocycles. The van der Waals surface area contributed by atoms with Crippen LogP contribution in [-0.4, -0.2) is 35.7 Å². The quantitative estimate of drug-likeness (QED) is 0.652. The smallest absolute Gasteiger partial charge is 0.234 e. The molecule has 4 nitrogen and oxygen atoms in total. The van der Waals surface area contributed by atoms with E-state index in [1.165, 1.54) is 6.42 Å². The summed E-state index contributed by atoms with van der Waals surface area (Å²) in [5.74, 6) is -0.00958. The number of rotatable bonds is 5. The summed E-state index contributed by atoms with van der Waals surface area (Å²) in [6, 6.07) is 0.308. The molecule has 1 fully saturated rings. The van der Waals surface area contributed by atoms with Crippen LogP contribution in [0.25, 0.3) is 0 Å².